The largest absolute Gasteiger partial charge is 0.508 e. The molecule has 9 heteroatoms. The van der Waals surface area contributed by atoms with E-state index < -0.39 is 5.82 Å². The van der Waals surface area contributed by atoms with Crippen molar-refractivity contribution in [2.75, 3.05) is 31.1 Å². The Labute approximate surface area is 249 Å². The van der Waals surface area contributed by atoms with Gasteiger partial charge < -0.3 is 15.3 Å². The van der Waals surface area contributed by atoms with Crippen LogP contribution in [0.2, 0.25) is 0 Å². The Bertz CT molecular complexity index is 1830. The molecular formula is C34H34F2N6O. The van der Waals surface area contributed by atoms with Gasteiger partial charge in [0.1, 0.15) is 28.6 Å². The van der Waals surface area contributed by atoms with E-state index in [1.165, 1.54) is 12.1 Å². The van der Waals surface area contributed by atoms with E-state index in [0.29, 0.717) is 51.4 Å². The van der Waals surface area contributed by atoms with E-state index in [0.717, 1.165) is 64.7 Å². The van der Waals surface area contributed by atoms with Crippen molar-refractivity contribution < 1.29 is 13.9 Å². The van der Waals surface area contributed by atoms with Crippen molar-refractivity contribution in [2.24, 2.45) is 0 Å². The van der Waals surface area contributed by atoms with Gasteiger partial charge in [0.05, 0.1) is 10.9 Å². The molecule has 0 radical (unpaired) electrons. The first-order valence-electron chi connectivity index (χ1n) is 15.5. The van der Waals surface area contributed by atoms with Crippen molar-refractivity contribution in [3.63, 3.8) is 0 Å². The molecule has 2 N–H and O–H groups in total. The number of rotatable bonds is 3. The molecule has 7 nitrogen and oxygen atoms in total. The molecule has 220 valence electrons. The van der Waals surface area contributed by atoms with Crippen LogP contribution in [0.5, 0.6) is 5.75 Å². The molecule has 7 heterocycles. The van der Waals surface area contributed by atoms with Crippen LogP contribution in [0.3, 0.4) is 0 Å². The summed E-state index contributed by atoms with van der Waals surface area (Å²) in [5.74, 6) is 6.75. The number of piperazine rings is 1. The number of aromatic hydroxyl groups is 1. The molecule has 0 amide bonds. The number of benzene rings is 2. The van der Waals surface area contributed by atoms with E-state index in [2.05, 4.69) is 31.9 Å². The second-order valence-corrected chi connectivity index (χ2v) is 12.5. The van der Waals surface area contributed by atoms with Crippen molar-refractivity contribution in [1.82, 2.24) is 25.2 Å². The van der Waals surface area contributed by atoms with Crippen molar-refractivity contribution >= 4 is 27.5 Å². The lowest BCUT2D eigenvalue weighted by atomic mass is 9.92. The molecular weight excluding hydrogens is 546 g/mol. The first-order chi connectivity index (χ1) is 20.9. The number of aryl methyl sites for hydroxylation is 1. The zero-order chi connectivity index (χ0) is 29.3. The highest BCUT2D eigenvalue weighted by Crippen LogP contribution is 2.40. The Morgan fingerprint density at radius 1 is 1.12 bits per heavy atom. The van der Waals surface area contributed by atoms with Gasteiger partial charge in [-0.2, -0.15) is 0 Å². The number of phenols is 1. The van der Waals surface area contributed by atoms with Gasteiger partial charge in [0.2, 0.25) is 5.82 Å². The second-order valence-electron chi connectivity index (χ2n) is 12.5. The lowest BCUT2D eigenvalue weighted by Crippen LogP contribution is -2.61. The van der Waals surface area contributed by atoms with Crippen LogP contribution in [-0.2, 0) is 6.42 Å². The third-order valence-corrected chi connectivity index (χ3v) is 10.1. The molecule has 5 saturated heterocycles. The summed E-state index contributed by atoms with van der Waals surface area (Å²) >= 11 is 0. The number of nitrogens with one attached hydrogen (secondary N) is 1. The zero-order valence-corrected chi connectivity index (χ0v) is 24.3. The molecule has 0 saturated carbocycles. The minimum atomic E-state index is -0.621. The van der Waals surface area contributed by atoms with E-state index in [-0.39, 0.29) is 34.4 Å². The lowest BCUT2D eigenvalue weighted by molar-refractivity contribution is 0.261. The van der Waals surface area contributed by atoms with Gasteiger partial charge in [0.25, 0.3) is 0 Å². The van der Waals surface area contributed by atoms with Gasteiger partial charge in [0, 0.05) is 36.9 Å². The summed E-state index contributed by atoms with van der Waals surface area (Å²) < 4.78 is 31.7. The van der Waals surface area contributed by atoms with E-state index in [1.54, 1.807) is 18.3 Å². The van der Waals surface area contributed by atoms with Gasteiger partial charge in [0.15, 0.2) is 5.82 Å². The summed E-state index contributed by atoms with van der Waals surface area (Å²) in [5, 5.41) is 15.9. The summed E-state index contributed by atoms with van der Waals surface area (Å²) in [6.45, 7) is 5.61. The third kappa shape index (κ3) is 4.26. The Balaban J connectivity index is 1.34. The number of halogens is 2. The number of anilines is 1. The van der Waals surface area contributed by atoms with Gasteiger partial charge >= 0.3 is 0 Å². The Morgan fingerprint density at radius 2 is 1.95 bits per heavy atom. The average molecular weight is 581 g/mol. The predicted octanol–water partition coefficient (Wildman–Crippen LogP) is 5.31. The van der Waals surface area contributed by atoms with Crippen LogP contribution in [0.15, 0.2) is 30.5 Å². The summed E-state index contributed by atoms with van der Waals surface area (Å²) in [4.78, 5) is 19.0. The fraction of sp³-hybridized carbons (Fsp3) is 0.441. The molecule has 0 unspecified atom stereocenters. The van der Waals surface area contributed by atoms with E-state index in [9.17, 15) is 9.50 Å². The maximum atomic E-state index is 16.8. The summed E-state index contributed by atoms with van der Waals surface area (Å²) in [6.07, 6.45) is 8.51. The normalized spacial score (nSPS) is 22.7. The highest BCUT2D eigenvalue weighted by atomic mass is 19.1. The van der Waals surface area contributed by atoms with Gasteiger partial charge in [-0.25, -0.2) is 18.7 Å². The second kappa shape index (κ2) is 10.1. The summed E-state index contributed by atoms with van der Waals surface area (Å²) in [6, 6.07) is 6.62. The lowest BCUT2D eigenvalue weighted by Gasteiger charge is -2.46. The van der Waals surface area contributed by atoms with Crippen molar-refractivity contribution in [3.8, 4) is 28.8 Å². The maximum Gasteiger partial charge on any atom is 0.207 e. The molecule has 5 aliphatic rings. The molecule has 4 aromatic rings. The molecule has 43 heavy (non-hydrogen) atoms. The van der Waals surface area contributed by atoms with Crippen molar-refractivity contribution in [1.29, 1.82) is 0 Å². The first kappa shape index (κ1) is 26.7. The summed E-state index contributed by atoms with van der Waals surface area (Å²) in [5.41, 5.74) is 0.821. The number of aromatic nitrogens is 3. The Kier molecular flexibility index (Phi) is 6.28. The minimum Gasteiger partial charge on any atom is -0.508 e. The number of nitrogens with zero attached hydrogens (tertiary/aromatic N) is 5. The molecule has 9 rings (SSSR count). The van der Waals surface area contributed by atoms with E-state index in [1.807, 2.05) is 6.92 Å². The van der Waals surface area contributed by atoms with Crippen LogP contribution in [0.4, 0.5) is 14.6 Å². The van der Waals surface area contributed by atoms with Gasteiger partial charge in [-0.05, 0) is 98.5 Å². The molecule has 2 atom stereocenters. The van der Waals surface area contributed by atoms with Crippen LogP contribution in [0.1, 0.15) is 56.8 Å². The smallest absolute Gasteiger partial charge is 0.207 e. The molecule has 5 aliphatic heterocycles. The topological polar surface area (TPSA) is 77.4 Å². The fourth-order valence-corrected chi connectivity index (χ4v) is 7.99. The highest BCUT2D eigenvalue weighted by molar-refractivity contribution is 6.01. The fourth-order valence-electron chi connectivity index (χ4n) is 7.99. The number of phenolic OH excluding ortho intramolecular Hbond substituents is 1. The van der Waals surface area contributed by atoms with Crippen LogP contribution < -0.4 is 10.2 Å². The number of piperidine rings is 2. The van der Waals surface area contributed by atoms with Crippen molar-refractivity contribution in [2.45, 2.75) is 69.5 Å². The molecule has 2 bridgehead atoms. The van der Waals surface area contributed by atoms with E-state index >= 15 is 4.39 Å². The third-order valence-electron chi connectivity index (χ3n) is 10.1. The average Bonchev–Trinajstić information content (AvgIpc) is 3.61. The van der Waals surface area contributed by atoms with Crippen molar-refractivity contribution in [3.05, 3.63) is 53.5 Å². The monoisotopic (exact) mass is 580 g/mol. The highest BCUT2D eigenvalue weighted by Gasteiger charge is 2.43. The number of hydrogen-bond acceptors (Lipinski definition) is 7. The van der Waals surface area contributed by atoms with Crippen LogP contribution in [-0.4, -0.2) is 68.8 Å². The predicted molar refractivity (Wildman–Crippen MR) is 163 cm³/mol. The minimum absolute atomic E-state index is 0.0236. The molecule has 0 aliphatic carbocycles. The molecule has 2 aromatic carbocycles. The Morgan fingerprint density at radius 3 is 2.67 bits per heavy atom. The summed E-state index contributed by atoms with van der Waals surface area (Å²) in [7, 11) is 0. The van der Waals surface area contributed by atoms with Gasteiger partial charge in [-0.1, -0.05) is 18.9 Å². The number of pyridine rings is 1. The Hall–Kier alpha value is -3.87. The SMILES string of the molecule is CCc1c(F)ccc2cc(O)cc(-c3ncc4c(N5C[C@H]6CC[C@@H]5CN6)nc(C#CC56CCCN5CCC6)nc4c3F)c12. The number of fused-ring (bicyclic) bond motifs is 6. The van der Waals surface area contributed by atoms with E-state index in [4.69, 9.17) is 9.97 Å². The van der Waals surface area contributed by atoms with Gasteiger partial charge in [-0.15, -0.1) is 0 Å². The molecule has 0 spiro atoms. The van der Waals surface area contributed by atoms with Crippen LogP contribution >= 0.6 is 0 Å². The van der Waals surface area contributed by atoms with Crippen LogP contribution in [0.25, 0.3) is 32.9 Å². The number of hydrogen-bond donors (Lipinski definition) is 2. The van der Waals surface area contributed by atoms with Crippen LogP contribution in [0, 0.1) is 23.5 Å². The maximum absolute atomic E-state index is 16.8. The first-order valence-corrected chi connectivity index (χ1v) is 15.5. The zero-order valence-electron chi connectivity index (χ0n) is 24.3. The van der Waals surface area contributed by atoms with Gasteiger partial charge in [-0.3, -0.25) is 9.88 Å². The quantitative estimate of drug-likeness (QED) is 0.318. The standard InChI is InChI=1S/C34H34F2N6O/c1-2-24-27(35)8-5-20-15-23(43)16-25(29(20)24)31-30(36)32-26(18-38-31)33(42-19-21-6-7-22(42)17-37-21)40-28(39-32)9-12-34-10-3-13-41(34)14-4-11-34/h5,8,15-16,18,21-22,37,43H,2-4,6-7,10-11,13-14,17,19H2,1H3/t21-,22-/m1/s1. The molecule has 5 fully saturated rings. The molecule has 2 aromatic heterocycles.